The third kappa shape index (κ3) is 3.35. The van der Waals surface area contributed by atoms with Gasteiger partial charge in [0.25, 0.3) is 5.91 Å². The van der Waals surface area contributed by atoms with Gasteiger partial charge in [0, 0.05) is 24.0 Å². The Hall–Kier alpha value is -3.51. The molecule has 0 saturated carbocycles. The molecule has 0 radical (unpaired) electrons. The maximum absolute atomic E-state index is 13.2. The minimum Gasteiger partial charge on any atom is -0.378 e. The molecule has 3 heterocycles. The summed E-state index contributed by atoms with van der Waals surface area (Å²) in [7, 11) is 0. The van der Waals surface area contributed by atoms with Crippen LogP contribution in [-0.4, -0.2) is 42.9 Å². The molecule has 0 aliphatic carbocycles. The molecule has 0 spiro atoms. The zero-order chi connectivity index (χ0) is 20.5. The molecule has 2 aromatic carbocycles. The monoisotopic (exact) mass is 398 g/mol. The number of ether oxygens (including phenoxy) is 1. The smallest absolute Gasteiger partial charge is 0.280 e. The zero-order valence-electron chi connectivity index (χ0n) is 16.8. The number of para-hydroxylation sites is 2. The lowest BCUT2D eigenvalue weighted by molar-refractivity contribution is -0.114. The highest BCUT2D eigenvalue weighted by Gasteiger charge is 2.29. The maximum atomic E-state index is 13.2. The topological polar surface area (TPSA) is 58.0 Å². The summed E-state index contributed by atoms with van der Waals surface area (Å²) in [5, 5.41) is 7.01. The first-order valence-corrected chi connectivity index (χ1v) is 10.1. The quantitative estimate of drug-likeness (QED) is 0.629. The van der Waals surface area contributed by atoms with E-state index in [-0.39, 0.29) is 5.91 Å². The number of aromatic nitrogens is 1. The van der Waals surface area contributed by atoms with Crippen molar-refractivity contribution < 1.29 is 9.53 Å². The van der Waals surface area contributed by atoms with E-state index in [2.05, 4.69) is 16.1 Å². The fourth-order valence-corrected chi connectivity index (χ4v) is 3.84. The second kappa shape index (κ2) is 7.72. The average molecular weight is 398 g/mol. The van der Waals surface area contributed by atoms with Crippen LogP contribution in [0.5, 0.6) is 0 Å². The van der Waals surface area contributed by atoms with E-state index in [4.69, 9.17) is 9.72 Å². The number of rotatable bonds is 3. The van der Waals surface area contributed by atoms with Crippen LogP contribution < -0.4 is 9.91 Å². The lowest BCUT2D eigenvalue weighted by atomic mass is 10.0. The Morgan fingerprint density at radius 1 is 1.00 bits per heavy atom. The summed E-state index contributed by atoms with van der Waals surface area (Å²) >= 11 is 0. The highest BCUT2D eigenvalue weighted by atomic mass is 16.5. The maximum Gasteiger partial charge on any atom is 0.280 e. The number of amides is 1. The third-order valence-electron chi connectivity index (χ3n) is 5.41. The van der Waals surface area contributed by atoms with E-state index in [1.807, 2.05) is 67.6 Å². The van der Waals surface area contributed by atoms with Crippen molar-refractivity contribution in [2.45, 2.75) is 6.92 Å². The number of hydrogen-bond donors (Lipinski definition) is 0. The molecular weight excluding hydrogens is 376 g/mol. The SMILES string of the molecule is CC1=NN(c2ccccc2)C(=O)/C1=C\c1cc2ccccc2nc1N1CCOCC1. The minimum absolute atomic E-state index is 0.125. The lowest BCUT2D eigenvalue weighted by Gasteiger charge is -2.29. The first-order valence-electron chi connectivity index (χ1n) is 10.1. The van der Waals surface area contributed by atoms with E-state index in [9.17, 15) is 4.79 Å². The van der Waals surface area contributed by atoms with Crippen molar-refractivity contribution in [2.24, 2.45) is 5.10 Å². The molecule has 1 saturated heterocycles. The van der Waals surface area contributed by atoms with Crippen LogP contribution in [0.4, 0.5) is 11.5 Å². The van der Waals surface area contributed by atoms with Crippen molar-refractivity contribution in [1.29, 1.82) is 0 Å². The molecule has 2 aliphatic heterocycles. The minimum atomic E-state index is -0.125. The molecule has 6 nitrogen and oxygen atoms in total. The molecule has 1 fully saturated rings. The summed E-state index contributed by atoms with van der Waals surface area (Å²) in [5.74, 6) is 0.753. The molecule has 2 aliphatic rings. The second-order valence-electron chi connectivity index (χ2n) is 7.39. The first-order chi connectivity index (χ1) is 14.7. The predicted octanol–water partition coefficient (Wildman–Crippen LogP) is 3.88. The Labute approximate surface area is 175 Å². The third-order valence-corrected chi connectivity index (χ3v) is 5.41. The van der Waals surface area contributed by atoms with Crippen molar-refractivity contribution in [3.05, 3.63) is 71.8 Å². The molecule has 0 bridgehead atoms. The van der Waals surface area contributed by atoms with E-state index in [1.165, 1.54) is 5.01 Å². The fourth-order valence-electron chi connectivity index (χ4n) is 3.84. The fraction of sp³-hybridized carbons (Fsp3) is 0.208. The van der Waals surface area contributed by atoms with Crippen LogP contribution in [0.3, 0.4) is 0 Å². The second-order valence-corrected chi connectivity index (χ2v) is 7.39. The van der Waals surface area contributed by atoms with Crippen molar-refractivity contribution in [3.8, 4) is 0 Å². The van der Waals surface area contributed by atoms with E-state index in [0.717, 1.165) is 41.1 Å². The van der Waals surface area contributed by atoms with Crippen LogP contribution in [0, 0.1) is 0 Å². The standard InChI is InChI=1S/C24H22N4O2/c1-17-21(24(29)28(26-17)20-8-3-2-4-9-20)16-19-15-18-7-5-6-10-22(18)25-23(19)27-11-13-30-14-12-27/h2-10,15-16H,11-14H2,1H3/b21-16-. The van der Waals surface area contributed by atoms with E-state index in [0.29, 0.717) is 24.5 Å². The van der Waals surface area contributed by atoms with Crippen molar-refractivity contribution in [1.82, 2.24) is 4.98 Å². The normalized spacial score (nSPS) is 18.4. The Morgan fingerprint density at radius 2 is 1.73 bits per heavy atom. The highest BCUT2D eigenvalue weighted by molar-refractivity contribution is 6.32. The molecule has 1 aromatic heterocycles. The van der Waals surface area contributed by atoms with Gasteiger partial charge in [0.2, 0.25) is 0 Å². The van der Waals surface area contributed by atoms with Crippen LogP contribution in [0.1, 0.15) is 12.5 Å². The number of carbonyl (C=O) groups excluding carboxylic acids is 1. The van der Waals surface area contributed by atoms with Gasteiger partial charge >= 0.3 is 0 Å². The van der Waals surface area contributed by atoms with Crippen molar-refractivity contribution >= 4 is 40.1 Å². The van der Waals surface area contributed by atoms with Crippen LogP contribution in [-0.2, 0) is 9.53 Å². The highest BCUT2D eigenvalue weighted by Crippen LogP contribution is 2.30. The van der Waals surface area contributed by atoms with E-state index >= 15 is 0 Å². The number of pyridine rings is 1. The molecule has 3 aromatic rings. The summed E-state index contributed by atoms with van der Waals surface area (Å²) < 4.78 is 5.51. The van der Waals surface area contributed by atoms with Gasteiger partial charge in [-0.25, -0.2) is 4.98 Å². The number of benzene rings is 2. The molecule has 6 heteroatoms. The van der Waals surface area contributed by atoms with E-state index in [1.54, 1.807) is 0 Å². The summed E-state index contributed by atoms with van der Waals surface area (Å²) in [6.45, 7) is 4.77. The van der Waals surface area contributed by atoms with Crippen molar-refractivity contribution in [2.75, 3.05) is 36.2 Å². The first kappa shape index (κ1) is 18.5. The Bertz CT molecular complexity index is 1160. The van der Waals surface area contributed by atoms with E-state index < -0.39 is 0 Å². The van der Waals surface area contributed by atoms with Gasteiger partial charge in [0.15, 0.2) is 0 Å². The number of anilines is 2. The number of hydrogen-bond acceptors (Lipinski definition) is 5. The summed E-state index contributed by atoms with van der Waals surface area (Å²) in [4.78, 5) is 20.3. The van der Waals surface area contributed by atoms with Crippen LogP contribution >= 0.6 is 0 Å². The van der Waals surface area contributed by atoms with Gasteiger partial charge < -0.3 is 9.64 Å². The largest absolute Gasteiger partial charge is 0.378 e. The van der Waals surface area contributed by atoms with Gasteiger partial charge in [-0.15, -0.1) is 0 Å². The molecule has 5 rings (SSSR count). The summed E-state index contributed by atoms with van der Waals surface area (Å²) in [6.07, 6.45) is 1.92. The van der Waals surface area contributed by atoms with Crippen LogP contribution in [0.25, 0.3) is 17.0 Å². The Balaban J connectivity index is 1.59. The van der Waals surface area contributed by atoms with Gasteiger partial charge in [0.1, 0.15) is 5.82 Å². The van der Waals surface area contributed by atoms with Gasteiger partial charge in [-0.05, 0) is 37.3 Å². The average Bonchev–Trinajstić information content (AvgIpc) is 3.08. The lowest BCUT2D eigenvalue weighted by Crippen LogP contribution is -2.37. The van der Waals surface area contributed by atoms with Gasteiger partial charge in [-0.3, -0.25) is 4.79 Å². The summed E-state index contributed by atoms with van der Waals surface area (Å²) in [6, 6.07) is 19.6. The molecule has 150 valence electrons. The van der Waals surface area contributed by atoms with Crippen molar-refractivity contribution in [3.63, 3.8) is 0 Å². The zero-order valence-corrected chi connectivity index (χ0v) is 16.8. The number of carbonyl (C=O) groups is 1. The number of fused-ring (bicyclic) bond motifs is 1. The van der Waals surface area contributed by atoms with Gasteiger partial charge in [-0.1, -0.05) is 36.4 Å². The Kier molecular flexibility index (Phi) is 4.77. The molecule has 30 heavy (non-hydrogen) atoms. The van der Waals surface area contributed by atoms with Gasteiger partial charge in [0.05, 0.1) is 35.7 Å². The summed E-state index contributed by atoms with van der Waals surface area (Å²) in [5.41, 5.74) is 3.91. The van der Waals surface area contributed by atoms with Crippen LogP contribution in [0.15, 0.2) is 71.3 Å². The van der Waals surface area contributed by atoms with Gasteiger partial charge in [-0.2, -0.15) is 10.1 Å². The molecule has 0 unspecified atom stereocenters. The Morgan fingerprint density at radius 3 is 2.53 bits per heavy atom. The number of hydrazone groups is 1. The number of morpholine rings is 1. The van der Waals surface area contributed by atoms with Crippen LogP contribution in [0.2, 0.25) is 0 Å². The molecule has 0 N–H and O–H groups in total. The molecular formula is C24H22N4O2. The predicted molar refractivity (Wildman–Crippen MR) is 120 cm³/mol. The molecule has 0 atom stereocenters. The molecule has 1 amide bonds. The number of nitrogens with zero attached hydrogens (tertiary/aromatic N) is 4.